The van der Waals surface area contributed by atoms with Gasteiger partial charge in [0, 0.05) is 12.5 Å². The van der Waals surface area contributed by atoms with Crippen LogP contribution in [0.25, 0.3) is 0 Å². The van der Waals surface area contributed by atoms with Crippen LogP contribution in [0.1, 0.15) is 44.0 Å². The molecule has 0 amide bonds. The van der Waals surface area contributed by atoms with Crippen molar-refractivity contribution in [3.63, 3.8) is 0 Å². The Bertz CT molecular complexity index is 558. The third kappa shape index (κ3) is 3.42. The maximum absolute atomic E-state index is 13.1. The number of nitrogens with zero attached hydrogens (tertiary/aromatic N) is 2. The molecule has 20 heavy (non-hydrogen) atoms. The van der Waals surface area contributed by atoms with Crippen molar-refractivity contribution in [3.05, 3.63) is 47.4 Å². The number of aromatic nitrogens is 2. The number of rotatable bonds is 5. The summed E-state index contributed by atoms with van der Waals surface area (Å²) >= 11 is 0. The third-order valence-corrected chi connectivity index (χ3v) is 3.30. The smallest absolute Gasteiger partial charge is 0.231 e. The van der Waals surface area contributed by atoms with E-state index >= 15 is 0 Å². The maximum Gasteiger partial charge on any atom is 0.231 e. The molecule has 5 heteroatoms. The highest BCUT2D eigenvalue weighted by molar-refractivity contribution is 5.20. The van der Waals surface area contributed by atoms with Gasteiger partial charge in [0.2, 0.25) is 5.89 Å². The van der Waals surface area contributed by atoms with Gasteiger partial charge in [0.1, 0.15) is 5.82 Å². The fourth-order valence-corrected chi connectivity index (χ4v) is 2.42. The monoisotopic (exact) mass is 277 g/mol. The standard InChI is InChI=1S/C15H20FN3O/c1-9(2)14(10(3)17)15-18-13(19-20-15)8-11-5-4-6-12(16)7-11/h4-7,9-10,14H,8,17H2,1-3H3. The molecule has 2 aromatic rings. The van der Waals surface area contributed by atoms with Crippen molar-refractivity contribution in [3.8, 4) is 0 Å². The molecule has 0 aliphatic carbocycles. The van der Waals surface area contributed by atoms with Gasteiger partial charge in [0.15, 0.2) is 5.82 Å². The zero-order valence-corrected chi connectivity index (χ0v) is 12.0. The minimum atomic E-state index is -0.262. The summed E-state index contributed by atoms with van der Waals surface area (Å²) in [7, 11) is 0. The van der Waals surface area contributed by atoms with Crippen molar-refractivity contribution in [1.29, 1.82) is 0 Å². The molecule has 108 valence electrons. The predicted octanol–water partition coefficient (Wildman–Crippen LogP) is 2.89. The van der Waals surface area contributed by atoms with Crippen molar-refractivity contribution < 1.29 is 8.91 Å². The van der Waals surface area contributed by atoms with E-state index in [0.29, 0.717) is 24.1 Å². The minimum absolute atomic E-state index is 0.0313. The Hall–Kier alpha value is -1.75. The lowest BCUT2D eigenvalue weighted by molar-refractivity contribution is 0.298. The van der Waals surface area contributed by atoms with E-state index in [0.717, 1.165) is 5.56 Å². The Morgan fingerprint density at radius 3 is 2.65 bits per heavy atom. The molecule has 2 N–H and O–H groups in total. The summed E-state index contributed by atoms with van der Waals surface area (Å²) < 4.78 is 18.5. The first-order valence-corrected chi connectivity index (χ1v) is 6.80. The van der Waals surface area contributed by atoms with E-state index in [1.165, 1.54) is 12.1 Å². The molecule has 2 rings (SSSR count). The predicted molar refractivity (Wildman–Crippen MR) is 74.7 cm³/mol. The van der Waals surface area contributed by atoms with E-state index in [1.807, 2.05) is 13.0 Å². The van der Waals surface area contributed by atoms with Gasteiger partial charge in [0.05, 0.1) is 5.92 Å². The Morgan fingerprint density at radius 2 is 2.05 bits per heavy atom. The molecule has 2 unspecified atom stereocenters. The molecule has 0 spiro atoms. The summed E-state index contributed by atoms with van der Waals surface area (Å²) in [6.07, 6.45) is 0.449. The van der Waals surface area contributed by atoms with Gasteiger partial charge in [-0.2, -0.15) is 4.98 Å². The lowest BCUT2D eigenvalue weighted by Gasteiger charge is -2.20. The molecule has 0 aliphatic rings. The maximum atomic E-state index is 13.1. The van der Waals surface area contributed by atoms with Gasteiger partial charge < -0.3 is 10.3 Å². The van der Waals surface area contributed by atoms with Gasteiger partial charge in [-0.3, -0.25) is 0 Å². The molecule has 1 aromatic carbocycles. The number of halogens is 1. The molecule has 0 bridgehead atoms. The number of hydrogen-bond acceptors (Lipinski definition) is 4. The second-order valence-corrected chi connectivity index (χ2v) is 5.48. The summed E-state index contributed by atoms with van der Waals surface area (Å²) in [5.74, 6) is 1.20. The molecule has 0 radical (unpaired) electrons. The Balaban J connectivity index is 2.16. The first kappa shape index (κ1) is 14.7. The summed E-state index contributed by atoms with van der Waals surface area (Å²) in [5, 5.41) is 3.96. The van der Waals surface area contributed by atoms with Gasteiger partial charge in [-0.05, 0) is 30.5 Å². The van der Waals surface area contributed by atoms with Crippen LogP contribution in [0.3, 0.4) is 0 Å². The van der Waals surface area contributed by atoms with E-state index in [-0.39, 0.29) is 17.8 Å². The molecule has 4 nitrogen and oxygen atoms in total. The van der Waals surface area contributed by atoms with Crippen LogP contribution in [0.5, 0.6) is 0 Å². The Kier molecular flexibility index (Phi) is 4.49. The number of hydrogen-bond donors (Lipinski definition) is 1. The molecular formula is C15H20FN3O. The highest BCUT2D eigenvalue weighted by atomic mass is 19.1. The molecule has 0 saturated heterocycles. The molecule has 1 aromatic heterocycles. The zero-order chi connectivity index (χ0) is 14.7. The molecule has 0 aliphatic heterocycles. The van der Waals surface area contributed by atoms with E-state index < -0.39 is 0 Å². The fraction of sp³-hybridized carbons (Fsp3) is 0.467. The van der Waals surface area contributed by atoms with Gasteiger partial charge in [-0.1, -0.05) is 31.1 Å². The topological polar surface area (TPSA) is 64.9 Å². The van der Waals surface area contributed by atoms with Crippen LogP contribution in [-0.4, -0.2) is 16.2 Å². The summed E-state index contributed by atoms with van der Waals surface area (Å²) in [6.45, 7) is 6.08. The lowest BCUT2D eigenvalue weighted by atomic mass is 9.90. The zero-order valence-electron chi connectivity index (χ0n) is 12.0. The summed E-state index contributed by atoms with van der Waals surface area (Å²) in [4.78, 5) is 4.40. The Morgan fingerprint density at radius 1 is 1.30 bits per heavy atom. The first-order valence-electron chi connectivity index (χ1n) is 6.80. The van der Waals surface area contributed by atoms with Crippen LogP contribution in [0.15, 0.2) is 28.8 Å². The fourth-order valence-electron chi connectivity index (χ4n) is 2.42. The molecule has 0 fully saturated rings. The van der Waals surface area contributed by atoms with E-state index in [1.54, 1.807) is 6.07 Å². The average molecular weight is 277 g/mol. The van der Waals surface area contributed by atoms with E-state index in [4.69, 9.17) is 10.3 Å². The number of benzene rings is 1. The highest BCUT2D eigenvalue weighted by Gasteiger charge is 2.26. The van der Waals surface area contributed by atoms with Crippen LogP contribution in [0.2, 0.25) is 0 Å². The number of nitrogens with two attached hydrogens (primary N) is 1. The van der Waals surface area contributed by atoms with Crippen molar-refractivity contribution in [2.45, 2.75) is 39.2 Å². The lowest BCUT2D eigenvalue weighted by Crippen LogP contribution is -2.28. The van der Waals surface area contributed by atoms with Gasteiger partial charge in [-0.25, -0.2) is 4.39 Å². The molecule has 1 heterocycles. The second kappa shape index (κ2) is 6.13. The van der Waals surface area contributed by atoms with Crippen molar-refractivity contribution in [2.24, 2.45) is 11.7 Å². The van der Waals surface area contributed by atoms with Crippen LogP contribution >= 0.6 is 0 Å². The first-order chi connectivity index (χ1) is 9.47. The van der Waals surface area contributed by atoms with Crippen LogP contribution < -0.4 is 5.73 Å². The minimum Gasteiger partial charge on any atom is -0.339 e. The van der Waals surface area contributed by atoms with Gasteiger partial charge >= 0.3 is 0 Å². The van der Waals surface area contributed by atoms with Crippen molar-refractivity contribution in [2.75, 3.05) is 0 Å². The van der Waals surface area contributed by atoms with Crippen molar-refractivity contribution in [1.82, 2.24) is 10.1 Å². The van der Waals surface area contributed by atoms with Crippen LogP contribution in [-0.2, 0) is 6.42 Å². The molecule has 0 saturated carbocycles. The van der Waals surface area contributed by atoms with E-state index in [9.17, 15) is 4.39 Å². The highest BCUT2D eigenvalue weighted by Crippen LogP contribution is 2.25. The van der Waals surface area contributed by atoms with E-state index in [2.05, 4.69) is 24.0 Å². The van der Waals surface area contributed by atoms with Crippen LogP contribution in [0.4, 0.5) is 4.39 Å². The van der Waals surface area contributed by atoms with Gasteiger partial charge in [-0.15, -0.1) is 0 Å². The second-order valence-electron chi connectivity index (χ2n) is 5.48. The SMILES string of the molecule is CC(C)C(c1nc(Cc2cccc(F)c2)no1)C(C)N. The third-order valence-electron chi connectivity index (χ3n) is 3.30. The van der Waals surface area contributed by atoms with Crippen molar-refractivity contribution >= 4 is 0 Å². The summed E-state index contributed by atoms with van der Waals surface area (Å²) in [5.41, 5.74) is 6.79. The normalized spacial score (nSPS) is 14.5. The van der Waals surface area contributed by atoms with Gasteiger partial charge in [0.25, 0.3) is 0 Å². The quantitative estimate of drug-likeness (QED) is 0.912. The Labute approximate surface area is 118 Å². The molecule has 2 atom stereocenters. The summed E-state index contributed by atoms with van der Waals surface area (Å²) in [6, 6.07) is 6.34. The largest absolute Gasteiger partial charge is 0.339 e. The average Bonchev–Trinajstić information content (AvgIpc) is 2.76. The molecular weight excluding hydrogens is 257 g/mol. The van der Waals surface area contributed by atoms with Crippen LogP contribution in [0, 0.1) is 11.7 Å².